The Morgan fingerprint density at radius 1 is 1.67 bits per heavy atom. The number of nitrogens with two attached hydrogens (primary N) is 1. The van der Waals surface area contributed by atoms with Gasteiger partial charge in [0.05, 0.1) is 14.6 Å². The van der Waals surface area contributed by atoms with Crippen LogP contribution in [0.2, 0.25) is 0 Å². The van der Waals surface area contributed by atoms with Crippen LogP contribution in [0, 0.1) is 17.3 Å². The third-order valence-electron chi connectivity index (χ3n) is 1.86. The van der Waals surface area contributed by atoms with E-state index in [1.807, 2.05) is 0 Å². The molecule has 6 heteroatoms. The van der Waals surface area contributed by atoms with Crippen molar-refractivity contribution in [2.24, 2.45) is 10.1 Å². The van der Waals surface area contributed by atoms with Crippen molar-refractivity contribution in [3.8, 4) is 6.19 Å². The molecule has 0 fully saturated rings. The first-order chi connectivity index (χ1) is 7.01. The van der Waals surface area contributed by atoms with Gasteiger partial charge in [0, 0.05) is 12.8 Å². The smallest absolute Gasteiger partial charge is 0.214 e. The molecule has 0 amide bonds. The predicted octanol–water partition coefficient (Wildman–Crippen LogP) is 1.22. The lowest BCUT2D eigenvalue weighted by atomic mass is 10.2. The Morgan fingerprint density at radius 2 is 2.33 bits per heavy atom. The van der Waals surface area contributed by atoms with Crippen molar-refractivity contribution in [3.05, 3.63) is 29.6 Å². The van der Waals surface area contributed by atoms with E-state index >= 15 is 0 Å². The Morgan fingerprint density at radius 3 is 2.80 bits per heavy atom. The van der Waals surface area contributed by atoms with E-state index in [-0.39, 0.29) is 11.4 Å². The zero-order valence-corrected chi connectivity index (χ0v) is 8.92. The van der Waals surface area contributed by atoms with Crippen molar-refractivity contribution in [1.82, 2.24) is 0 Å². The van der Waals surface area contributed by atoms with Crippen molar-refractivity contribution in [2.45, 2.75) is 11.4 Å². The molecule has 1 aromatic carbocycles. The number of benzene rings is 1. The van der Waals surface area contributed by atoms with E-state index < -0.39 is 15.5 Å². The number of rotatable bonds is 2. The summed E-state index contributed by atoms with van der Waals surface area (Å²) in [5.74, 6) is -0.649. The molecule has 1 aromatic rings. The van der Waals surface area contributed by atoms with E-state index in [0.29, 0.717) is 5.56 Å². The Bertz CT molecular complexity index is 527. The quantitative estimate of drug-likeness (QED) is 0.771. The number of halogens is 1. The van der Waals surface area contributed by atoms with Gasteiger partial charge in [0.25, 0.3) is 0 Å². The zero-order valence-electron chi connectivity index (χ0n) is 8.11. The van der Waals surface area contributed by atoms with Crippen molar-refractivity contribution >= 4 is 9.73 Å². The van der Waals surface area contributed by atoms with Crippen LogP contribution in [0.5, 0.6) is 0 Å². The minimum atomic E-state index is -2.97. The zero-order chi connectivity index (χ0) is 11.5. The molecule has 0 saturated carbocycles. The van der Waals surface area contributed by atoms with Crippen LogP contribution in [0.3, 0.4) is 0 Å². The summed E-state index contributed by atoms with van der Waals surface area (Å²) in [6.07, 6.45) is 2.64. The Labute approximate surface area is 87.7 Å². The van der Waals surface area contributed by atoms with Crippen LogP contribution in [0.25, 0.3) is 0 Å². The highest BCUT2D eigenvalue weighted by Gasteiger charge is 2.12. The van der Waals surface area contributed by atoms with Gasteiger partial charge >= 0.3 is 0 Å². The average Bonchev–Trinajstić information content (AvgIpc) is 2.17. The van der Waals surface area contributed by atoms with E-state index in [1.165, 1.54) is 24.6 Å². The van der Waals surface area contributed by atoms with Crippen LogP contribution in [-0.4, -0.2) is 10.5 Å². The average molecular weight is 227 g/mol. The molecule has 1 atom stereocenters. The highest BCUT2D eigenvalue weighted by Crippen LogP contribution is 2.17. The maximum atomic E-state index is 13.5. The Balaban J connectivity index is 3.37. The van der Waals surface area contributed by atoms with Crippen molar-refractivity contribution < 1.29 is 8.60 Å². The van der Waals surface area contributed by atoms with Crippen LogP contribution in [-0.2, 0) is 16.3 Å². The molecule has 0 aliphatic carbocycles. The summed E-state index contributed by atoms with van der Waals surface area (Å²) >= 11 is 0. The van der Waals surface area contributed by atoms with E-state index in [9.17, 15) is 8.60 Å². The van der Waals surface area contributed by atoms with Gasteiger partial charge in [-0.25, -0.2) is 8.60 Å². The Hall–Kier alpha value is -1.45. The molecule has 0 spiro atoms. The van der Waals surface area contributed by atoms with Gasteiger partial charge in [0.2, 0.25) is 6.19 Å². The second-order valence-electron chi connectivity index (χ2n) is 2.96. The van der Waals surface area contributed by atoms with E-state index in [0.717, 1.165) is 0 Å². The molecule has 0 radical (unpaired) electrons. The SMILES string of the molecule is C[S@](=O)(=NC#N)c1ccc(CN)cc1F. The Kier molecular flexibility index (Phi) is 3.39. The van der Waals surface area contributed by atoms with Gasteiger partial charge in [-0.3, -0.25) is 0 Å². The minimum absolute atomic E-state index is 0.0683. The fourth-order valence-corrected chi connectivity index (χ4v) is 2.10. The summed E-state index contributed by atoms with van der Waals surface area (Å²) in [6, 6.07) is 4.11. The summed E-state index contributed by atoms with van der Waals surface area (Å²) in [5, 5.41) is 8.32. The van der Waals surface area contributed by atoms with Crippen LogP contribution >= 0.6 is 0 Å². The molecular weight excluding hydrogens is 217 g/mol. The topological polar surface area (TPSA) is 79.2 Å². The lowest BCUT2D eigenvalue weighted by Crippen LogP contribution is -2.03. The molecule has 0 unspecified atom stereocenters. The largest absolute Gasteiger partial charge is 0.326 e. The van der Waals surface area contributed by atoms with Gasteiger partial charge in [0.15, 0.2) is 0 Å². The first kappa shape index (κ1) is 11.6. The highest BCUT2D eigenvalue weighted by molar-refractivity contribution is 7.93. The van der Waals surface area contributed by atoms with Crippen molar-refractivity contribution in [1.29, 1.82) is 5.26 Å². The molecule has 1 rings (SSSR count). The lowest BCUT2D eigenvalue weighted by molar-refractivity contribution is 0.592. The van der Waals surface area contributed by atoms with Gasteiger partial charge in [-0.15, -0.1) is 4.36 Å². The maximum Gasteiger partial charge on any atom is 0.214 e. The maximum absolute atomic E-state index is 13.5. The molecule has 0 aliphatic rings. The standard InChI is InChI=1S/C9H10FN3OS/c1-15(14,13-6-12)9-3-2-7(5-11)4-8(9)10/h2-4H,5,11H2,1H3/t15-/m1/s1. The molecule has 4 nitrogen and oxygen atoms in total. The van der Waals surface area contributed by atoms with Crippen LogP contribution in [0.15, 0.2) is 27.5 Å². The van der Waals surface area contributed by atoms with E-state index in [1.54, 1.807) is 6.07 Å². The fraction of sp³-hybridized carbons (Fsp3) is 0.222. The third-order valence-corrected chi connectivity index (χ3v) is 3.43. The van der Waals surface area contributed by atoms with Gasteiger partial charge in [-0.1, -0.05) is 6.07 Å². The fourth-order valence-electron chi connectivity index (χ4n) is 1.11. The summed E-state index contributed by atoms with van der Waals surface area (Å²) in [6.45, 7) is 0.206. The first-order valence-electron chi connectivity index (χ1n) is 4.10. The molecule has 0 heterocycles. The molecule has 2 N–H and O–H groups in total. The summed E-state index contributed by atoms with van der Waals surface area (Å²) in [4.78, 5) is -0.0683. The van der Waals surface area contributed by atoms with Gasteiger partial charge in [-0.05, 0) is 17.7 Å². The van der Waals surface area contributed by atoms with Crippen molar-refractivity contribution in [3.63, 3.8) is 0 Å². The molecule has 0 aromatic heterocycles. The van der Waals surface area contributed by atoms with Gasteiger partial charge in [-0.2, -0.15) is 5.26 Å². The normalized spacial score (nSPS) is 14.0. The predicted molar refractivity (Wildman–Crippen MR) is 54.7 cm³/mol. The molecule has 15 heavy (non-hydrogen) atoms. The van der Waals surface area contributed by atoms with E-state index in [4.69, 9.17) is 11.0 Å². The summed E-state index contributed by atoms with van der Waals surface area (Å²) in [5.41, 5.74) is 5.92. The van der Waals surface area contributed by atoms with Crippen LogP contribution in [0.1, 0.15) is 5.56 Å². The van der Waals surface area contributed by atoms with Gasteiger partial charge < -0.3 is 5.73 Å². The molecule has 0 bridgehead atoms. The van der Waals surface area contributed by atoms with E-state index in [2.05, 4.69) is 4.36 Å². The number of hydrogen-bond acceptors (Lipinski definition) is 4. The lowest BCUT2D eigenvalue weighted by Gasteiger charge is -2.05. The summed E-state index contributed by atoms with van der Waals surface area (Å²) in [7, 11) is -2.97. The molecule has 80 valence electrons. The van der Waals surface area contributed by atoms with Gasteiger partial charge in [0.1, 0.15) is 5.82 Å². The second kappa shape index (κ2) is 4.38. The summed E-state index contributed by atoms with van der Waals surface area (Å²) < 4.78 is 28.4. The highest BCUT2D eigenvalue weighted by atomic mass is 32.2. The monoisotopic (exact) mass is 227 g/mol. The van der Waals surface area contributed by atoms with Crippen molar-refractivity contribution in [2.75, 3.05) is 6.26 Å². The molecule has 0 saturated heterocycles. The third kappa shape index (κ3) is 2.52. The second-order valence-corrected chi connectivity index (χ2v) is 5.19. The molecule has 0 aliphatic heterocycles. The number of nitrogens with zero attached hydrogens (tertiary/aromatic N) is 2. The minimum Gasteiger partial charge on any atom is -0.326 e. The first-order valence-corrected chi connectivity index (χ1v) is 6.02. The number of hydrogen-bond donors (Lipinski definition) is 1. The molecular formula is C9H10FN3OS. The van der Waals surface area contributed by atoms with Crippen LogP contribution < -0.4 is 5.73 Å². The van der Waals surface area contributed by atoms with Crippen LogP contribution in [0.4, 0.5) is 4.39 Å². The number of nitriles is 1.